The van der Waals surface area contributed by atoms with E-state index in [-0.39, 0.29) is 30.8 Å². The Kier molecular flexibility index (Phi) is 9.95. The molecule has 2 aromatic rings. The summed E-state index contributed by atoms with van der Waals surface area (Å²) in [6, 6.07) is 9.54. The maximum atomic E-state index is 13.4. The number of hydrogen-bond acceptors (Lipinski definition) is 2. The van der Waals surface area contributed by atoms with Crippen molar-refractivity contribution in [2.45, 2.75) is 58.7 Å². The Morgan fingerprint density at radius 1 is 0.935 bits per heavy atom. The van der Waals surface area contributed by atoms with Crippen molar-refractivity contribution in [3.63, 3.8) is 0 Å². The Balaban J connectivity index is 2.38. The lowest BCUT2D eigenvalue weighted by Gasteiger charge is -2.32. The Morgan fingerprint density at radius 2 is 1.58 bits per heavy atom. The zero-order valence-corrected chi connectivity index (χ0v) is 20.7. The fourth-order valence-corrected chi connectivity index (χ4v) is 3.98. The van der Waals surface area contributed by atoms with Crippen molar-refractivity contribution >= 4 is 58.2 Å². The molecule has 0 saturated heterocycles. The Hall–Kier alpha value is -1.46. The fourth-order valence-electron chi connectivity index (χ4n) is 3.14. The average molecular weight is 504 g/mol. The summed E-state index contributed by atoms with van der Waals surface area (Å²) in [5, 5.41) is 4.64. The average Bonchev–Trinajstić information content (AvgIpc) is 2.72. The van der Waals surface area contributed by atoms with Gasteiger partial charge in [-0.2, -0.15) is 0 Å². The fraction of sp³-hybridized carbons (Fsp3) is 0.391. The van der Waals surface area contributed by atoms with Crippen LogP contribution in [0.5, 0.6) is 0 Å². The molecule has 0 spiro atoms. The van der Waals surface area contributed by atoms with Crippen LogP contribution < -0.4 is 5.32 Å². The van der Waals surface area contributed by atoms with Gasteiger partial charge in [0, 0.05) is 28.2 Å². The topological polar surface area (TPSA) is 49.4 Å². The highest BCUT2D eigenvalue weighted by atomic mass is 35.5. The SMILES string of the molecule is CCC(C)NC(=O)C(CC)N(Cc1c(Cl)cccc1Cl)C(=O)Cc1ccc(Cl)c(Cl)c1. The van der Waals surface area contributed by atoms with Gasteiger partial charge in [0.25, 0.3) is 0 Å². The highest BCUT2D eigenvalue weighted by Crippen LogP contribution is 2.28. The summed E-state index contributed by atoms with van der Waals surface area (Å²) in [5.41, 5.74) is 1.30. The van der Waals surface area contributed by atoms with Gasteiger partial charge in [-0.05, 0) is 49.6 Å². The lowest BCUT2D eigenvalue weighted by atomic mass is 10.1. The standard InChI is InChI=1S/C23H26Cl4N2O2/c1-4-14(3)28-23(31)21(5-2)29(13-16-17(24)7-6-8-18(16)25)22(30)12-15-9-10-19(26)20(27)11-15/h6-11,14,21H,4-5,12-13H2,1-3H3,(H,28,31). The Labute approximate surface area is 203 Å². The van der Waals surface area contributed by atoms with Gasteiger partial charge in [0.2, 0.25) is 11.8 Å². The van der Waals surface area contributed by atoms with Crippen LogP contribution in [-0.4, -0.2) is 28.8 Å². The molecule has 4 nitrogen and oxygen atoms in total. The molecule has 2 rings (SSSR count). The number of carbonyl (C=O) groups is 2. The first kappa shape index (κ1) is 25.8. The van der Waals surface area contributed by atoms with E-state index in [2.05, 4.69) is 5.32 Å². The zero-order chi connectivity index (χ0) is 23.1. The van der Waals surface area contributed by atoms with Crippen molar-refractivity contribution in [1.29, 1.82) is 0 Å². The molecule has 31 heavy (non-hydrogen) atoms. The maximum Gasteiger partial charge on any atom is 0.243 e. The molecule has 2 aromatic carbocycles. The molecule has 2 unspecified atom stereocenters. The minimum atomic E-state index is -0.670. The van der Waals surface area contributed by atoms with Gasteiger partial charge >= 0.3 is 0 Å². The summed E-state index contributed by atoms with van der Waals surface area (Å²) in [6.07, 6.45) is 1.29. The molecule has 0 heterocycles. The molecule has 0 saturated carbocycles. The predicted molar refractivity (Wildman–Crippen MR) is 129 cm³/mol. The van der Waals surface area contributed by atoms with E-state index in [1.165, 1.54) is 4.90 Å². The number of nitrogens with zero attached hydrogens (tertiary/aromatic N) is 1. The van der Waals surface area contributed by atoms with Gasteiger partial charge < -0.3 is 10.2 Å². The molecule has 0 aliphatic heterocycles. The van der Waals surface area contributed by atoms with Crippen LogP contribution in [0.4, 0.5) is 0 Å². The number of amides is 2. The number of rotatable bonds is 9. The van der Waals surface area contributed by atoms with E-state index in [1.54, 1.807) is 36.4 Å². The molecule has 0 aliphatic rings. The summed E-state index contributed by atoms with van der Waals surface area (Å²) in [4.78, 5) is 27.9. The van der Waals surface area contributed by atoms with E-state index in [0.717, 1.165) is 6.42 Å². The van der Waals surface area contributed by atoms with Crippen LogP contribution >= 0.6 is 46.4 Å². The van der Waals surface area contributed by atoms with E-state index in [9.17, 15) is 9.59 Å². The third kappa shape index (κ3) is 7.01. The van der Waals surface area contributed by atoms with Gasteiger partial charge in [0.15, 0.2) is 0 Å². The van der Waals surface area contributed by atoms with Crippen LogP contribution in [0.25, 0.3) is 0 Å². The monoisotopic (exact) mass is 502 g/mol. The number of nitrogens with one attached hydrogen (secondary N) is 1. The highest BCUT2D eigenvalue weighted by molar-refractivity contribution is 6.42. The maximum absolute atomic E-state index is 13.4. The van der Waals surface area contributed by atoms with Gasteiger partial charge in [0.1, 0.15) is 6.04 Å². The van der Waals surface area contributed by atoms with E-state index in [4.69, 9.17) is 46.4 Å². The van der Waals surface area contributed by atoms with Crippen LogP contribution in [0.3, 0.4) is 0 Å². The molecule has 8 heteroatoms. The quantitative estimate of drug-likeness (QED) is 0.421. The van der Waals surface area contributed by atoms with Gasteiger partial charge in [-0.3, -0.25) is 9.59 Å². The molecular weight excluding hydrogens is 478 g/mol. The van der Waals surface area contributed by atoms with Crippen molar-refractivity contribution in [3.05, 3.63) is 67.6 Å². The second-order valence-electron chi connectivity index (χ2n) is 7.39. The highest BCUT2D eigenvalue weighted by Gasteiger charge is 2.30. The summed E-state index contributed by atoms with van der Waals surface area (Å²) in [6.45, 7) is 5.90. The summed E-state index contributed by atoms with van der Waals surface area (Å²) in [7, 11) is 0. The number of hydrogen-bond donors (Lipinski definition) is 1. The first-order valence-electron chi connectivity index (χ1n) is 10.1. The second kappa shape index (κ2) is 12.0. The largest absolute Gasteiger partial charge is 0.352 e. The van der Waals surface area contributed by atoms with Gasteiger partial charge in [-0.15, -0.1) is 0 Å². The minimum absolute atomic E-state index is 0.00234. The van der Waals surface area contributed by atoms with E-state index >= 15 is 0 Å². The van der Waals surface area contributed by atoms with E-state index < -0.39 is 6.04 Å². The molecular formula is C23H26Cl4N2O2. The Bertz CT molecular complexity index is 916. The van der Waals surface area contributed by atoms with Crippen molar-refractivity contribution in [3.8, 4) is 0 Å². The summed E-state index contributed by atoms with van der Waals surface area (Å²) >= 11 is 24.8. The third-order valence-corrected chi connectivity index (χ3v) is 6.56. The van der Waals surface area contributed by atoms with E-state index in [1.807, 2.05) is 20.8 Å². The zero-order valence-electron chi connectivity index (χ0n) is 17.7. The van der Waals surface area contributed by atoms with Crippen molar-refractivity contribution in [2.24, 2.45) is 0 Å². The van der Waals surface area contributed by atoms with Gasteiger partial charge in [-0.1, -0.05) is 72.4 Å². The molecule has 2 atom stereocenters. The van der Waals surface area contributed by atoms with Crippen LogP contribution in [0.1, 0.15) is 44.7 Å². The van der Waals surface area contributed by atoms with Crippen LogP contribution in [0.15, 0.2) is 36.4 Å². The summed E-state index contributed by atoms with van der Waals surface area (Å²) in [5.74, 6) is -0.442. The molecule has 0 bridgehead atoms. The summed E-state index contributed by atoms with van der Waals surface area (Å²) < 4.78 is 0. The number of benzene rings is 2. The Morgan fingerprint density at radius 3 is 2.13 bits per heavy atom. The van der Waals surface area contributed by atoms with Crippen molar-refractivity contribution in [1.82, 2.24) is 10.2 Å². The predicted octanol–water partition coefficient (Wildman–Crippen LogP) is 6.56. The molecule has 2 amide bonds. The molecule has 0 aromatic heterocycles. The molecule has 0 fully saturated rings. The number of carbonyl (C=O) groups excluding carboxylic acids is 2. The lowest BCUT2D eigenvalue weighted by molar-refractivity contribution is -0.141. The minimum Gasteiger partial charge on any atom is -0.352 e. The number of halogens is 4. The van der Waals surface area contributed by atoms with Crippen LogP contribution in [-0.2, 0) is 22.6 Å². The van der Waals surface area contributed by atoms with Crippen LogP contribution in [0.2, 0.25) is 20.1 Å². The van der Waals surface area contributed by atoms with E-state index in [0.29, 0.717) is 37.6 Å². The van der Waals surface area contributed by atoms with Gasteiger partial charge in [-0.25, -0.2) is 0 Å². The third-order valence-electron chi connectivity index (χ3n) is 5.12. The molecule has 0 radical (unpaired) electrons. The van der Waals surface area contributed by atoms with Crippen molar-refractivity contribution in [2.75, 3.05) is 0 Å². The van der Waals surface area contributed by atoms with Gasteiger partial charge in [0.05, 0.1) is 16.5 Å². The smallest absolute Gasteiger partial charge is 0.243 e. The van der Waals surface area contributed by atoms with Crippen molar-refractivity contribution < 1.29 is 9.59 Å². The normalized spacial score (nSPS) is 12.9. The lowest BCUT2D eigenvalue weighted by Crippen LogP contribution is -2.51. The molecule has 168 valence electrons. The molecule has 0 aliphatic carbocycles. The first-order valence-corrected chi connectivity index (χ1v) is 11.7. The van der Waals surface area contributed by atoms with Crippen LogP contribution in [0, 0.1) is 0 Å². The second-order valence-corrected chi connectivity index (χ2v) is 9.02. The first-order chi connectivity index (χ1) is 14.7. The molecule has 1 N–H and O–H groups in total.